The van der Waals surface area contributed by atoms with E-state index in [-0.39, 0.29) is 29.5 Å². The maximum absolute atomic E-state index is 13.8. The lowest BCUT2D eigenvalue weighted by molar-refractivity contribution is 0.0696. The first kappa shape index (κ1) is 21.0. The van der Waals surface area contributed by atoms with Crippen LogP contribution in [0.15, 0.2) is 42.9 Å². The van der Waals surface area contributed by atoms with Crippen LogP contribution in [-0.2, 0) is 0 Å². The van der Waals surface area contributed by atoms with Crippen LogP contribution in [0.25, 0.3) is 5.69 Å². The summed E-state index contributed by atoms with van der Waals surface area (Å²) in [6, 6.07) is 5.83. The molecule has 9 nitrogen and oxygen atoms in total. The molecule has 10 heteroatoms. The SMILES string of the molecule is Cc1c(C(=O)O)ccc(-n2nccn2)c1C(=O)N1C2CCC1C(COc1ccc(F)cn1)C2. The van der Waals surface area contributed by atoms with E-state index in [1.165, 1.54) is 35.4 Å². The molecule has 0 spiro atoms. The summed E-state index contributed by atoms with van der Waals surface area (Å²) in [5, 5.41) is 17.9. The highest BCUT2D eigenvalue weighted by Gasteiger charge is 2.49. The van der Waals surface area contributed by atoms with Gasteiger partial charge in [-0.05, 0) is 49.9 Å². The van der Waals surface area contributed by atoms with E-state index in [4.69, 9.17) is 4.74 Å². The minimum atomic E-state index is -1.09. The van der Waals surface area contributed by atoms with Crippen LogP contribution in [0, 0.1) is 18.7 Å². The van der Waals surface area contributed by atoms with Gasteiger partial charge in [-0.25, -0.2) is 14.2 Å². The molecule has 5 rings (SSSR count). The van der Waals surface area contributed by atoms with Gasteiger partial charge in [-0.3, -0.25) is 4.79 Å². The van der Waals surface area contributed by atoms with Gasteiger partial charge in [0.25, 0.3) is 5.91 Å². The number of rotatable bonds is 6. The number of carboxylic acids is 1. The Morgan fingerprint density at radius 2 is 1.97 bits per heavy atom. The molecule has 2 fully saturated rings. The summed E-state index contributed by atoms with van der Waals surface area (Å²) in [6.07, 6.45) is 6.62. The average Bonchev–Trinajstić information content (AvgIpc) is 3.54. The molecule has 2 aromatic heterocycles. The van der Waals surface area contributed by atoms with Crippen LogP contribution >= 0.6 is 0 Å². The third-order valence-electron chi connectivity index (χ3n) is 6.57. The van der Waals surface area contributed by atoms with E-state index in [2.05, 4.69) is 15.2 Å². The van der Waals surface area contributed by atoms with Crippen molar-refractivity contribution in [3.63, 3.8) is 0 Å². The molecule has 2 bridgehead atoms. The molecule has 3 aromatic rings. The van der Waals surface area contributed by atoms with Crippen molar-refractivity contribution in [1.82, 2.24) is 24.9 Å². The highest BCUT2D eigenvalue weighted by molar-refractivity contribution is 6.03. The number of carboxylic acid groups (broad SMARTS) is 1. The predicted octanol–water partition coefficient (Wildman–Crippen LogP) is 2.88. The molecule has 1 amide bonds. The first-order valence-electron chi connectivity index (χ1n) is 10.7. The predicted molar refractivity (Wildman–Crippen MR) is 114 cm³/mol. The van der Waals surface area contributed by atoms with Crippen molar-refractivity contribution in [2.75, 3.05) is 6.61 Å². The molecule has 2 saturated heterocycles. The Bertz CT molecular complexity index is 1200. The fourth-order valence-corrected chi connectivity index (χ4v) is 5.08. The number of hydrogen-bond acceptors (Lipinski definition) is 6. The van der Waals surface area contributed by atoms with Gasteiger partial charge in [0.05, 0.1) is 42.0 Å². The zero-order valence-electron chi connectivity index (χ0n) is 17.9. The van der Waals surface area contributed by atoms with Crippen molar-refractivity contribution in [3.05, 3.63) is 65.4 Å². The number of aromatic carboxylic acids is 1. The van der Waals surface area contributed by atoms with Crippen molar-refractivity contribution in [2.24, 2.45) is 5.92 Å². The van der Waals surface area contributed by atoms with Gasteiger partial charge in [-0.2, -0.15) is 15.0 Å². The highest BCUT2D eigenvalue weighted by Crippen LogP contribution is 2.43. The van der Waals surface area contributed by atoms with Crippen LogP contribution in [0.1, 0.15) is 45.5 Å². The van der Waals surface area contributed by atoms with Gasteiger partial charge in [0.15, 0.2) is 0 Å². The topological polar surface area (TPSA) is 110 Å². The number of nitrogens with zero attached hydrogens (tertiary/aromatic N) is 5. The number of fused-ring (bicyclic) bond motifs is 2. The largest absolute Gasteiger partial charge is 0.478 e. The second-order valence-electron chi connectivity index (χ2n) is 8.39. The number of hydrogen-bond donors (Lipinski definition) is 1. The standard InChI is InChI=1S/C23H22FN5O4/c1-13-17(23(31)32)4-6-19(29-26-8-9-27-29)21(13)22(30)28-16-3-5-18(28)14(10-16)12-33-20-7-2-15(24)11-25-20/h2,4,6-9,11,14,16,18H,3,5,10,12H2,1H3,(H,31,32). The summed E-state index contributed by atoms with van der Waals surface area (Å²) in [7, 11) is 0. The Balaban J connectivity index is 1.43. The van der Waals surface area contributed by atoms with Crippen molar-refractivity contribution in [1.29, 1.82) is 0 Å². The third-order valence-corrected chi connectivity index (χ3v) is 6.57. The zero-order chi connectivity index (χ0) is 23.1. The minimum Gasteiger partial charge on any atom is -0.478 e. The molecule has 33 heavy (non-hydrogen) atoms. The molecule has 0 aliphatic carbocycles. The minimum absolute atomic E-state index is 0.0331. The van der Waals surface area contributed by atoms with Crippen LogP contribution in [0.2, 0.25) is 0 Å². The molecule has 3 atom stereocenters. The van der Waals surface area contributed by atoms with E-state index in [0.29, 0.717) is 29.3 Å². The molecule has 170 valence electrons. The quantitative estimate of drug-likeness (QED) is 0.614. The molecule has 1 aromatic carbocycles. The summed E-state index contributed by atoms with van der Waals surface area (Å²) in [5.74, 6) is -1.30. The summed E-state index contributed by atoms with van der Waals surface area (Å²) >= 11 is 0. The van der Waals surface area contributed by atoms with Gasteiger partial charge in [0.1, 0.15) is 5.82 Å². The Morgan fingerprint density at radius 3 is 2.67 bits per heavy atom. The number of pyridine rings is 1. The van der Waals surface area contributed by atoms with Crippen molar-refractivity contribution >= 4 is 11.9 Å². The monoisotopic (exact) mass is 451 g/mol. The molecular formula is C23H22FN5O4. The van der Waals surface area contributed by atoms with E-state index in [1.54, 1.807) is 13.0 Å². The summed E-state index contributed by atoms with van der Waals surface area (Å²) < 4.78 is 18.9. The summed E-state index contributed by atoms with van der Waals surface area (Å²) in [5.41, 5.74) is 1.20. The maximum atomic E-state index is 13.8. The van der Waals surface area contributed by atoms with E-state index >= 15 is 0 Å². The molecule has 0 radical (unpaired) electrons. The maximum Gasteiger partial charge on any atom is 0.335 e. The second kappa shape index (κ2) is 8.27. The number of halogens is 1. The Kier molecular flexibility index (Phi) is 5.27. The van der Waals surface area contributed by atoms with Crippen molar-refractivity contribution in [3.8, 4) is 11.6 Å². The number of amides is 1. The van der Waals surface area contributed by atoms with Gasteiger partial charge in [-0.1, -0.05) is 0 Å². The summed E-state index contributed by atoms with van der Waals surface area (Å²) in [4.78, 5) is 32.7. The van der Waals surface area contributed by atoms with E-state index < -0.39 is 11.8 Å². The van der Waals surface area contributed by atoms with Gasteiger partial charge in [0.2, 0.25) is 5.88 Å². The fraction of sp³-hybridized carbons (Fsp3) is 0.348. The average molecular weight is 451 g/mol. The lowest BCUT2D eigenvalue weighted by atomic mass is 9.90. The van der Waals surface area contributed by atoms with Gasteiger partial charge in [0, 0.05) is 24.1 Å². The Hall–Kier alpha value is -3.82. The number of ether oxygens (including phenoxy) is 1. The zero-order valence-corrected chi connectivity index (χ0v) is 17.9. The van der Waals surface area contributed by atoms with E-state index in [0.717, 1.165) is 25.5 Å². The van der Waals surface area contributed by atoms with Gasteiger partial charge < -0.3 is 14.7 Å². The molecule has 2 aliphatic heterocycles. The van der Waals surface area contributed by atoms with Crippen LogP contribution in [0.5, 0.6) is 5.88 Å². The fourth-order valence-electron chi connectivity index (χ4n) is 5.08. The van der Waals surface area contributed by atoms with Crippen LogP contribution in [0.4, 0.5) is 4.39 Å². The number of carbonyl (C=O) groups is 2. The molecule has 2 aliphatic rings. The lowest BCUT2D eigenvalue weighted by Crippen LogP contribution is -2.38. The Labute approximate surface area is 188 Å². The van der Waals surface area contributed by atoms with Crippen LogP contribution < -0.4 is 4.74 Å². The molecule has 0 saturated carbocycles. The second-order valence-corrected chi connectivity index (χ2v) is 8.39. The van der Waals surface area contributed by atoms with Crippen LogP contribution in [-0.4, -0.2) is 60.6 Å². The van der Waals surface area contributed by atoms with E-state index in [9.17, 15) is 19.1 Å². The summed E-state index contributed by atoms with van der Waals surface area (Å²) in [6.45, 7) is 2.01. The lowest BCUT2D eigenvalue weighted by Gasteiger charge is -2.26. The Morgan fingerprint density at radius 1 is 1.18 bits per heavy atom. The molecule has 3 unspecified atom stereocenters. The normalized spacial score (nSPS) is 21.4. The number of benzene rings is 1. The van der Waals surface area contributed by atoms with Crippen LogP contribution in [0.3, 0.4) is 0 Å². The highest BCUT2D eigenvalue weighted by atomic mass is 19.1. The number of aromatic nitrogens is 4. The smallest absolute Gasteiger partial charge is 0.335 e. The van der Waals surface area contributed by atoms with Gasteiger partial charge >= 0.3 is 5.97 Å². The van der Waals surface area contributed by atoms with Crippen molar-refractivity contribution in [2.45, 2.75) is 38.3 Å². The number of carbonyl (C=O) groups excluding carboxylic acids is 1. The van der Waals surface area contributed by atoms with E-state index in [1.807, 2.05) is 4.90 Å². The third kappa shape index (κ3) is 3.71. The first-order chi connectivity index (χ1) is 15.9. The van der Waals surface area contributed by atoms with Crippen molar-refractivity contribution < 1.29 is 23.8 Å². The van der Waals surface area contributed by atoms with Gasteiger partial charge in [-0.15, -0.1) is 0 Å². The molecular weight excluding hydrogens is 429 g/mol. The molecule has 1 N–H and O–H groups in total. The molecule has 4 heterocycles. The first-order valence-corrected chi connectivity index (χ1v) is 10.7.